The van der Waals surface area contributed by atoms with Gasteiger partial charge in [0, 0.05) is 26.7 Å². The molecule has 13 nitrogen and oxygen atoms in total. The summed E-state index contributed by atoms with van der Waals surface area (Å²) in [5, 5.41) is 24.9. The number of ether oxygens (including phenoxy) is 6. The van der Waals surface area contributed by atoms with Crippen LogP contribution < -0.4 is 0 Å². The van der Waals surface area contributed by atoms with Crippen LogP contribution in [0.1, 0.15) is 85.5 Å². The van der Waals surface area contributed by atoms with Crippen LogP contribution in [0.25, 0.3) is 0 Å². The van der Waals surface area contributed by atoms with E-state index in [4.69, 9.17) is 28.4 Å². The lowest BCUT2D eigenvalue weighted by Gasteiger charge is -2.66. The van der Waals surface area contributed by atoms with Crippen LogP contribution in [0.15, 0.2) is 30.3 Å². The normalized spacial score (nSPS) is 34.9. The van der Waals surface area contributed by atoms with E-state index in [-0.39, 0.29) is 17.9 Å². The Morgan fingerprint density at radius 1 is 0.896 bits per heavy atom. The predicted octanol–water partition coefficient (Wildman–Crippen LogP) is 2.91. The molecule has 2 aliphatic carbocycles. The molecule has 2 saturated carbocycles. The highest BCUT2D eigenvalue weighted by Gasteiger charge is 2.88. The molecule has 266 valence electrons. The number of carbonyl (C=O) groups excluding carboxylic acids is 5. The number of aliphatic hydroxyl groups excluding tert-OH is 1. The summed E-state index contributed by atoms with van der Waals surface area (Å²) >= 11 is 0. The van der Waals surface area contributed by atoms with E-state index in [1.165, 1.54) is 19.1 Å². The van der Waals surface area contributed by atoms with Crippen molar-refractivity contribution in [2.75, 3.05) is 6.61 Å². The fourth-order valence-corrected chi connectivity index (χ4v) is 7.98. The number of benzene rings is 1. The molecule has 3 fully saturated rings. The van der Waals surface area contributed by atoms with E-state index in [1.807, 2.05) is 0 Å². The van der Waals surface area contributed by atoms with Crippen molar-refractivity contribution in [1.82, 2.24) is 0 Å². The molecule has 3 aliphatic rings. The first-order valence-corrected chi connectivity index (χ1v) is 16.3. The Balaban J connectivity index is 2.11. The van der Waals surface area contributed by atoms with E-state index in [2.05, 4.69) is 0 Å². The molecular weight excluding hydrogens is 628 g/mol. The Hall–Kier alpha value is -3.55. The molecular formula is C35H48O13. The van der Waals surface area contributed by atoms with Crippen LogP contribution in [0.4, 0.5) is 0 Å². The summed E-state index contributed by atoms with van der Waals surface area (Å²) in [5.41, 5.74) is -7.85. The predicted molar refractivity (Wildman–Crippen MR) is 167 cm³/mol. The molecule has 2 bridgehead atoms. The van der Waals surface area contributed by atoms with Crippen LogP contribution in [0, 0.1) is 23.2 Å². The standard InChI is InChI=1S/C35H48O13/c1-18(2)15-24(38)43-17-34-28(45-21(6)37)23(44-20(5)36)16-33(9,42)35(34)27(39)25(32(7,8)48-35)26(46-30(40)19(3)4)29(34)47-31(41)22-13-11-10-12-14-22/h10-14,18-19,23,25-29,39,42H,15-17H2,1-9H3/t23-,25+,26-,27+,28-,29+,33-,34-,35-/m0/s1. The molecule has 1 aromatic carbocycles. The van der Waals surface area contributed by atoms with Crippen LogP contribution >= 0.6 is 0 Å². The minimum atomic E-state index is -2.23. The lowest BCUT2D eigenvalue weighted by molar-refractivity contribution is -0.363. The summed E-state index contributed by atoms with van der Waals surface area (Å²) < 4.78 is 36.6. The van der Waals surface area contributed by atoms with Gasteiger partial charge in [-0.05, 0) is 38.8 Å². The van der Waals surface area contributed by atoms with Crippen molar-refractivity contribution in [1.29, 1.82) is 0 Å². The zero-order valence-corrected chi connectivity index (χ0v) is 29.0. The van der Waals surface area contributed by atoms with E-state index < -0.39 is 107 Å². The zero-order valence-electron chi connectivity index (χ0n) is 29.0. The molecule has 9 atom stereocenters. The van der Waals surface area contributed by atoms with Crippen molar-refractivity contribution in [2.24, 2.45) is 23.2 Å². The fourth-order valence-electron chi connectivity index (χ4n) is 7.98. The van der Waals surface area contributed by atoms with E-state index in [1.54, 1.807) is 59.7 Å². The van der Waals surface area contributed by atoms with Crippen LogP contribution in [0.2, 0.25) is 0 Å². The average molecular weight is 677 g/mol. The van der Waals surface area contributed by atoms with Gasteiger partial charge in [0.25, 0.3) is 0 Å². The molecule has 4 rings (SSSR count). The van der Waals surface area contributed by atoms with Crippen molar-refractivity contribution in [3.05, 3.63) is 35.9 Å². The van der Waals surface area contributed by atoms with Gasteiger partial charge in [0.1, 0.15) is 29.8 Å². The summed E-state index contributed by atoms with van der Waals surface area (Å²) in [5.74, 6) is -5.87. The maximum absolute atomic E-state index is 14.0. The van der Waals surface area contributed by atoms with Crippen molar-refractivity contribution >= 4 is 29.8 Å². The fraction of sp³-hybridized carbons (Fsp3) is 0.686. The summed E-state index contributed by atoms with van der Waals surface area (Å²) in [7, 11) is 0. The summed E-state index contributed by atoms with van der Waals surface area (Å²) in [6.07, 6.45) is -8.41. The number of esters is 5. The van der Waals surface area contributed by atoms with E-state index in [9.17, 15) is 34.2 Å². The second kappa shape index (κ2) is 13.4. The van der Waals surface area contributed by atoms with Crippen molar-refractivity contribution in [2.45, 2.75) is 122 Å². The highest BCUT2D eigenvalue weighted by molar-refractivity contribution is 5.89. The third-order valence-corrected chi connectivity index (χ3v) is 9.70. The van der Waals surface area contributed by atoms with E-state index in [0.29, 0.717) is 0 Å². The average Bonchev–Trinajstić information content (AvgIpc) is 3.14. The maximum Gasteiger partial charge on any atom is 0.338 e. The lowest BCUT2D eigenvalue weighted by atomic mass is 9.45. The molecule has 0 radical (unpaired) electrons. The van der Waals surface area contributed by atoms with Gasteiger partial charge in [-0.1, -0.05) is 45.9 Å². The molecule has 1 heterocycles. The molecule has 1 aromatic rings. The highest BCUT2D eigenvalue weighted by Crippen LogP contribution is 2.69. The topological polar surface area (TPSA) is 181 Å². The molecule has 13 heteroatoms. The molecule has 0 unspecified atom stereocenters. The van der Waals surface area contributed by atoms with Gasteiger partial charge in [-0.15, -0.1) is 0 Å². The number of carbonyl (C=O) groups is 5. The molecule has 1 spiro atoms. The van der Waals surface area contributed by atoms with Gasteiger partial charge in [-0.3, -0.25) is 19.2 Å². The van der Waals surface area contributed by atoms with Gasteiger partial charge >= 0.3 is 29.8 Å². The minimum absolute atomic E-state index is 0.0388. The summed E-state index contributed by atoms with van der Waals surface area (Å²) in [6.45, 7) is 12.9. The first-order chi connectivity index (χ1) is 22.2. The summed E-state index contributed by atoms with van der Waals surface area (Å²) in [4.78, 5) is 66.0. The highest BCUT2D eigenvalue weighted by atomic mass is 16.6. The van der Waals surface area contributed by atoms with Crippen LogP contribution in [0.5, 0.6) is 0 Å². The van der Waals surface area contributed by atoms with E-state index >= 15 is 0 Å². The number of aliphatic hydroxyl groups is 2. The van der Waals surface area contributed by atoms with Gasteiger partial charge in [-0.25, -0.2) is 4.79 Å². The zero-order chi connectivity index (χ0) is 36.0. The van der Waals surface area contributed by atoms with Gasteiger partial charge < -0.3 is 38.6 Å². The summed E-state index contributed by atoms with van der Waals surface area (Å²) in [6, 6.07) is 7.92. The van der Waals surface area contributed by atoms with Gasteiger partial charge in [-0.2, -0.15) is 0 Å². The Morgan fingerprint density at radius 2 is 1.50 bits per heavy atom. The maximum atomic E-state index is 14.0. The van der Waals surface area contributed by atoms with Gasteiger partial charge in [0.2, 0.25) is 0 Å². The SMILES string of the molecule is CC(=O)O[C@H]1C[C@](C)(O)[C@]23OC(C)(C)[C@H]([C@H](OC(=O)C(C)C)[C@@H](OC(=O)c4ccccc4)[C@]2(COC(=O)CC(C)C)[C@H]1OC(C)=O)[C@H]3O. The monoisotopic (exact) mass is 676 g/mol. The Kier molecular flexibility index (Phi) is 10.4. The number of fused-ring (bicyclic) bond motifs is 1. The van der Waals surface area contributed by atoms with Crippen molar-refractivity contribution in [3.8, 4) is 0 Å². The number of hydrogen-bond acceptors (Lipinski definition) is 13. The largest absolute Gasteiger partial charge is 0.465 e. The van der Waals surface area contributed by atoms with Crippen LogP contribution in [0.3, 0.4) is 0 Å². The van der Waals surface area contributed by atoms with Crippen LogP contribution in [-0.4, -0.2) is 94.0 Å². The first kappa shape index (κ1) is 37.3. The molecule has 2 N–H and O–H groups in total. The molecule has 1 aliphatic heterocycles. The van der Waals surface area contributed by atoms with Crippen molar-refractivity contribution < 1.29 is 62.6 Å². The second-order valence-corrected chi connectivity index (χ2v) is 14.6. The van der Waals surface area contributed by atoms with Crippen LogP contribution in [-0.2, 0) is 47.6 Å². The van der Waals surface area contributed by atoms with Gasteiger partial charge in [0.05, 0.1) is 34.7 Å². The Morgan fingerprint density at radius 3 is 2.04 bits per heavy atom. The molecule has 48 heavy (non-hydrogen) atoms. The number of hydrogen-bond donors (Lipinski definition) is 2. The Labute approximate surface area is 280 Å². The third kappa shape index (κ3) is 6.32. The smallest absolute Gasteiger partial charge is 0.338 e. The number of rotatable bonds is 10. The first-order valence-electron chi connectivity index (χ1n) is 16.3. The molecule has 1 saturated heterocycles. The molecule has 0 aromatic heterocycles. The van der Waals surface area contributed by atoms with E-state index in [0.717, 1.165) is 13.8 Å². The second-order valence-electron chi connectivity index (χ2n) is 14.6. The van der Waals surface area contributed by atoms with Crippen molar-refractivity contribution in [3.63, 3.8) is 0 Å². The van der Waals surface area contributed by atoms with Gasteiger partial charge in [0.15, 0.2) is 12.2 Å². The molecule has 0 amide bonds. The lowest BCUT2D eigenvalue weighted by Crippen LogP contribution is -2.85. The quantitative estimate of drug-likeness (QED) is 0.273. The third-order valence-electron chi connectivity index (χ3n) is 9.70. The minimum Gasteiger partial charge on any atom is -0.465 e. The Bertz CT molecular complexity index is 1400.